The maximum absolute atomic E-state index is 5.68. The molecule has 0 amide bonds. The van der Waals surface area contributed by atoms with Crippen LogP contribution in [0.4, 0.5) is 0 Å². The average molecular weight is 418 g/mol. The molecule has 2 rings (SSSR count). The Morgan fingerprint density at radius 1 is 1.45 bits per heavy atom. The second-order valence-electron chi connectivity index (χ2n) is 4.17. The van der Waals surface area contributed by atoms with Crippen LogP contribution < -0.4 is 11.1 Å². The van der Waals surface area contributed by atoms with E-state index < -0.39 is 0 Å². The quantitative estimate of drug-likeness (QED) is 0.297. The number of hydrogen-bond donors (Lipinski definition) is 2. The lowest BCUT2D eigenvalue weighted by molar-refractivity contribution is 0.208. The van der Waals surface area contributed by atoms with E-state index in [4.69, 9.17) is 15.0 Å². The highest BCUT2D eigenvalue weighted by Crippen LogP contribution is 2.12. The largest absolute Gasteiger partial charge is 0.383 e. The van der Waals surface area contributed by atoms with Gasteiger partial charge in [0, 0.05) is 26.3 Å². The minimum absolute atomic E-state index is 0. The van der Waals surface area contributed by atoms with E-state index in [1.165, 1.54) is 0 Å². The van der Waals surface area contributed by atoms with Crippen molar-refractivity contribution < 1.29 is 9.26 Å². The van der Waals surface area contributed by atoms with Crippen LogP contribution in [-0.4, -0.2) is 47.9 Å². The summed E-state index contributed by atoms with van der Waals surface area (Å²) < 4.78 is 10.0. The molecule has 2 aromatic rings. The normalized spacial score (nSPS) is 11.0. The average Bonchev–Trinajstić information content (AvgIpc) is 2.97. The smallest absolute Gasteiger partial charge is 0.276 e. The van der Waals surface area contributed by atoms with E-state index in [2.05, 4.69) is 25.4 Å². The van der Waals surface area contributed by atoms with E-state index in [9.17, 15) is 0 Å². The summed E-state index contributed by atoms with van der Waals surface area (Å²) in [6.07, 6.45) is 2.26. The number of aromatic nitrogens is 3. The van der Waals surface area contributed by atoms with Crippen molar-refractivity contribution in [2.45, 2.75) is 6.42 Å². The number of rotatable bonds is 7. The van der Waals surface area contributed by atoms with Gasteiger partial charge < -0.3 is 20.3 Å². The Labute approximate surface area is 145 Å². The van der Waals surface area contributed by atoms with E-state index in [1.54, 1.807) is 13.3 Å². The summed E-state index contributed by atoms with van der Waals surface area (Å²) in [5.74, 6) is 1.38. The van der Waals surface area contributed by atoms with Crippen LogP contribution in [0.25, 0.3) is 11.6 Å². The molecule has 0 saturated carbocycles. The van der Waals surface area contributed by atoms with Crippen LogP contribution in [0.3, 0.4) is 0 Å². The van der Waals surface area contributed by atoms with E-state index in [0.29, 0.717) is 49.5 Å². The number of nitrogens with one attached hydrogen (secondary N) is 1. The van der Waals surface area contributed by atoms with Crippen LogP contribution in [0, 0.1) is 0 Å². The van der Waals surface area contributed by atoms with Gasteiger partial charge in [0.2, 0.25) is 0 Å². The Morgan fingerprint density at radius 2 is 2.32 bits per heavy atom. The third-order valence-corrected chi connectivity index (χ3v) is 2.58. The summed E-state index contributed by atoms with van der Waals surface area (Å²) in [6.45, 7) is 1.64. The molecule has 8 nitrogen and oxygen atoms in total. The first-order valence-corrected chi connectivity index (χ1v) is 6.56. The number of ether oxygens (including phenoxy) is 1. The number of pyridine rings is 1. The van der Waals surface area contributed by atoms with Crippen LogP contribution in [0.2, 0.25) is 0 Å². The molecule has 0 aliphatic carbocycles. The summed E-state index contributed by atoms with van der Waals surface area (Å²) in [7, 11) is 1.62. The number of halogens is 1. The summed E-state index contributed by atoms with van der Waals surface area (Å²) in [6, 6.07) is 5.51. The fourth-order valence-electron chi connectivity index (χ4n) is 1.56. The van der Waals surface area contributed by atoms with Gasteiger partial charge in [0.1, 0.15) is 5.69 Å². The van der Waals surface area contributed by atoms with Crippen molar-refractivity contribution in [3.63, 3.8) is 0 Å². The zero-order chi connectivity index (χ0) is 14.9. The molecule has 120 valence electrons. The third-order valence-electron chi connectivity index (χ3n) is 2.58. The summed E-state index contributed by atoms with van der Waals surface area (Å²) in [5.41, 5.74) is 6.34. The Hall–Kier alpha value is -1.75. The predicted molar refractivity (Wildman–Crippen MR) is 93.0 cm³/mol. The molecule has 3 N–H and O–H groups in total. The highest BCUT2D eigenvalue weighted by Gasteiger charge is 2.09. The number of methoxy groups -OCH3 is 1. The van der Waals surface area contributed by atoms with Crippen molar-refractivity contribution in [2.24, 2.45) is 10.7 Å². The second kappa shape index (κ2) is 10.1. The summed E-state index contributed by atoms with van der Waals surface area (Å²) >= 11 is 0. The van der Waals surface area contributed by atoms with Crippen molar-refractivity contribution in [3.05, 3.63) is 30.2 Å². The van der Waals surface area contributed by atoms with E-state index in [1.807, 2.05) is 18.2 Å². The van der Waals surface area contributed by atoms with Crippen molar-refractivity contribution in [1.82, 2.24) is 20.4 Å². The van der Waals surface area contributed by atoms with Gasteiger partial charge in [-0.3, -0.25) is 9.98 Å². The molecule has 0 radical (unpaired) electrons. The van der Waals surface area contributed by atoms with Crippen molar-refractivity contribution in [2.75, 3.05) is 26.8 Å². The monoisotopic (exact) mass is 418 g/mol. The molecule has 9 heteroatoms. The maximum atomic E-state index is 5.68. The minimum Gasteiger partial charge on any atom is -0.383 e. The molecule has 0 unspecified atom stereocenters. The van der Waals surface area contributed by atoms with Gasteiger partial charge in [0.25, 0.3) is 5.89 Å². The van der Waals surface area contributed by atoms with Crippen LogP contribution in [-0.2, 0) is 11.2 Å². The third kappa shape index (κ3) is 5.93. The SMILES string of the molecule is COCCN=C(N)NCCc1noc(-c2ccccn2)n1.I. The predicted octanol–water partition coefficient (Wildman–Crippen LogP) is 0.843. The Bertz CT molecular complexity index is 575. The Kier molecular flexibility index (Phi) is 8.36. The zero-order valence-corrected chi connectivity index (χ0v) is 14.6. The molecule has 0 aliphatic rings. The molecule has 2 heterocycles. The maximum Gasteiger partial charge on any atom is 0.276 e. The number of guanidine groups is 1. The molecule has 0 aliphatic heterocycles. The van der Waals surface area contributed by atoms with Gasteiger partial charge >= 0.3 is 0 Å². The lowest BCUT2D eigenvalue weighted by atomic mass is 10.3. The second-order valence-corrected chi connectivity index (χ2v) is 4.17. The lowest BCUT2D eigenvalue weighted by Gasteiger charge is -2.03. The van der Waals surface area contributed by atoms with Gasteiger partial charge in [-0.05, 0) is 12.1 Å². The molecule has 2 aromatic heterocycles. The fraction of sp³-hybridized carbons (Fsp3) is 0.385. The Morgan fingerprint density at radius 3 is 3.05 bits per heavy atom. The first-order chi connectivity index (χ1) is 10.3. The van der Waals surface area contributed by atoms with Crippen molar-refractivity contribution >= 4 is 29.9 Å². The highest BCUT2D eigenvalue weighted by molar-refractivity contribution is 14.0. The van der Waals surface area contributed by atoms with E-state index in [-0.39, 0.29) is 24.0 Å². The zero-order valence-electron chi connectivity index (χ0n) is 12.2. The topological polar surface area (TPSA) is 111 Å². The van der Waals surface area contributed by atoms with Gasteiger partial charge in [-0.2, -0.15) is 4.98 Å². The van der Waals surface area contributed by atoms with Crippen molar-refractivity contribution in [3.8, 4) is 11.6 Å². The Balaban J connectivity index is 0.00000242. The number of hydrogen-bond acceptors (Lipinski definition) is 6. The lowest BCUT2D eigenvalue weighted by Crippen LogP contribution is -2.33. The van der Waals surface area contributed by atoms with Crippen LogP contribution >= 0.6 is 24.0 Å². The van der Waals surface area contributed by atoms with Crippen molar-refractivity contribution in [1.29, 1.82) is 0 Å². The highest BCUT2D eigenvalue weighted by atomic mass is 127. The fourth-order valence-corrected chi connectivity index (χ4v) is 1.56. The molecule has 0 spiro atoms. The molecule has 0 saturated heterocycles. The first kappa shape index (κ1) is 18.3. The van der Waals surface area contributed by atoms with E-state index in [0.717, 1.165) is 0 Å². The molecular formula is C13H19IN6O2. The first-order valence-electron chi connectivity index (χ1n) is 6.56. The van der Waals surface area contributed by atoms with Crippen LogP contribution in [0.1, 0.15) is 5.82 Å². The van der Waals surface area contributed by atoms with Crippen LogP contribution in [0.5, 0.6) is 0 Å². The van der Waals surface area contributed by atoms with E-state index >= 15 is 0 Å². The van der Waals surface area contributed by atoms with Gasteiger partial charge in [-0.25, -0.2) is 0 Å². The van der Waals surface area contributed by atoms with Gasteiger partial charge in [0.15, 0.2) is 11.8 Å². The standard InChI is InChI=1S/C13H18N6O2.HI/c1-20-9-8-17-13(14)16-7-5-11-18-12(21-19-11)10-4-2-3-6-15-10;/h2-4,6H,5,7-9H2,1H3,(H3,14,16,17);1H. The molecule has 0 atom stereocenters. The molecule has 0 aromatic carbocycles. The number of aliphatic imine (C=N–C) groups is 1. The molecule has 22 heavy (non-hydrogen) atoms. The minimum atomic E-state index is 0. The molecule has 0 bridgehead atoms. The van der Waals surface area contributed by atoms with Crippen LogP contribution in [0.15, 0.2) is 33.9 Å². The number of nitrogens with zero attached hydrogens (tertiary/aromatic N) is 4. The summed E-state index contributed by atoms with van der Waals surface area (Å²) in [5, 5.41) is 6.87. The molecular weight excluding hydrogens is 399 g/mol. The van der Waals surface area contributed by atoms with Gasteiger partial charge in [-0.1, -0.05) is 11.2 Å². The van der Waals surface area contributed by atoms with Gasteiger partial charge in [0.05, 0.1) is 13.2 Å². The summed E-state index contributed by atoms with van der Waals surface area (Å²) in [4.78, 5) is 12.5. The number of nitrogens with two attached hydrogens (primary N) is 1. The van der Waals surface area contributed by atoms with Gasteiger partial charge in [-0.15, -0.1) is 24.0 Å². The molecule has 0 fully saturated rings.